The van der Waals surface area contributed by atoms with Crippen LogP contribution < -0.4 is 4.74 Å². The molecule has 1 aromatic heterocycles. The Balaban J connectivity index is 1.99. The first-order valence-corrected chi connectivity index (χ1v) is 7.21. The number of carbonyl (C=O) groups is 1. The number of thioether (sulfide) groups is 1. The molecule has 0 bridgehead atoms. The largest absolute Gasteiger partial charge is 0.491 e. The molecule has 1 aliphatic carbocycles. The predicted octanol–water partition coefficient (Wildman–Crippen LogP) is 2.57. The van der Waals surface area contributed by atoms with Crippen molar-refractivity contribution in [1.29, 1.82) is 0 Å². The molecule has 0 amide bonds. The summed E-state index contributed by atoms with van der Waals surface area (Å²) < 4.78 is 9.92. The first-order valence-electron chi connectivity index (χ1n) is 5.84. The maximum atomic E-state index is 11.4. The fraction of sp³-hybridized carbons (Fsp3) is 0.583. The van der Waals surface area contributed by atoms with Crippen molar-refractivity contribution >= 4 is 29.3 Å². The van der Waals surface area contributed by atoms with Gasteiger partial charge in [0.1, 0.15) is 11.4 Å². The van der Waals surface area contributed by atoms with Crippen LogP contribution in [0.1, 0.15) is 19.3 Å². The second kappa shape index (κ2) is 5.96. The Labute approximate surface area is 121 Å². The van der Waals surface area contributed by atoms with Crippen molar-refractivity contribution in [2.45, 2.75) is 24.3 Å². The molecule has 1 saturated carbocycles. The van der Waals surface area contributed by atoms with E-state index in [-0.39, 0.29) is 11.4 Å². The Hall–Kier alpha value is -1.01. The van der Waals surface area contributed by atoms with E-state index in [1.807, 2.05) is 0 Å². The van der Waals surface area contributed by atoms with Crippen LogP contribution in [0.25, 0.3) is 0 Å². The molecule has 1 heterocycles. The lowest BCUT2D eigenvalue weighted by molar-refractivity contribution is -0.141. The fourth-order valence-corrected chi connectivity index (χ4v) is 3.29. The van der Waals surface area contributed by atoms with Crippen LogP contribution in [0.4, 0.5) is 0 Å². The Kier molecular flexibility index (Phi) is 4.52. The number of hydrogen-bond donors (Lipinski definition) is 0. The zero-order chi connectivity index (χ0) is 13.9. The molecule has 0 spiro atoms. The molecular formula is C12H15ClN2O3S. The van der Waals surface area contributed by atoms with E-state index in [0.29, 0.717) is 22.3 Å². The van der Waals surface area contributed by atoms with Crippen molar-refractivity contribution in [2.75, 3.05) is 20.0 Å². The summed E-state index contributed by atoms with van der Waals surface area (Å²) in [5, 5.41) is 1.01. The highest BCUT2D eigenvalue weighted by Crippen LogP contribution is 2.52. The Bertz CT molecular complexity index is 480. The maximum Gasteiger partial charge on any atom is 0.306 e. The summed E-state index contributed by atoms with van der Waals surface area (Å²) in [6.07, 6.45) is 3.94. The summed E-state index contributed by atoms with van der Waals surface area (Å²) in [6, 6.07) is 0. The number of methoxy groups -OCH3 is 2. The molecule has 7 heteroatoms. The van der Waals surface area contributed by atoms with Gasteiger partial charge >= 0.3 is 5.97 Å². The van der Waals surface area contributed by atoms with Gasteiger partial charge < -0.3 is 9.47 Å². The molecule has 0 N–H and O–H groups in total. The fourth-order valence-electron chi connectivity index (χ4n) is 1.76. The van der Waals surface area contributed by atoms with Crippen molar-refractivity contribution in [1.82, 2.24) is 9.97 Å². The Morgan fingerprint density at radius 1 is 1.47 bits per heavy atom. The molecule has 1 aliphatic rings. The second-order valence-electron chi connectivity index (χ2n) is 4.54. The third kappa shape index (κ3) is 3.51. The molecule has 19 heavy (non-hydrogen) atoms. The highest BCUT2D eigenvalue weighted by molar-refractivity contribution is 7.99. The van der Waals surface area contributed by atoms with Gasteiger partial charge in [0, 0.05) is 5.75 Å². The highest BCUT2D eigenvalue weighted by Gasteiger charge is 2.44. The quantitative estimate of drug-likeness (QED) is 0.457. The number of esters is 1. The van der Waals surface area contributed by atoms with Gasteiger partial charge in [0.15, 0.2) is 10.9 Å². The first kappa shape index (κ1) is 14.4. The standard InChI is InChI=1S/C12H15ClN2O3S/c1-17-8(16)5-12(3-4-12)6-19-11-9(18-2)10(13)14-7-15-11/h7H,3-6H2,1-2H3. The number of hydrogen-bond acceptors (Lipinski definition) is 6. The third-order valence-electron chi connectivity index (χ3n) is 3.15. The van der Waals surface area contributed by atoms with Gasteiger partial charge in [-0.05, 0) is 18.3 Å². The highest BCUT2D eigenvalue weighted by atomic mass is 35.5. The zero-order valence-corrected chi connectivity index (χ0v) is 12.4. The molecule has 0 radical (unpaired) electrons. The minimum absolute atomic E-state index is 0.0419. The SMILES string of the molecule is COC(=O)CC1(CSc2ncnc(Cl)c2OC)CC1. The van der Waals surface area contributed by atoms with Crippen molar-refractivity contribution in [2.24, 2.45) is 5.41 Å². The molecule has 0 aliphatic heterocycles. The van der Waals surface area contributed by atoms with E-state index in [4.69, 9.17) is 21.1 Å². The van der Waals surface area contributed by atoms with Gasteiger partial charge in [-0.2, -0.15) is 0 Å². The number of carbonyl (C=O) groups excluding carboxylic acids is 1. The molecule has 0 unspecified atom stereocenters. The van der Waals surface area contributed by atoms with Crippen LogP contribution in [0.15, 0.2) is 11.4 Å². The lowest BCUT2D eigenvalue weighted by Crippen LogP contribution is -2.13. The van der Waals surface area contributed by atoms with Gasteiger partial charge in [-0.15, -0.1) is 11.8 Å². The van der Waals surface area contributed by atoms with Crippen molar-refractivity contribution < 1.29 is 14.3 Å². The summed E-state index contributed by atoms with van der Waals surface area (Å²) in [5.74, 6) is 1.13. The van der Waals surface area contributed by atoms with Crippen LogP contribution in [0.2, 0.25) is 5.15 Å². The van der Waals surface area contributed by atoms with Crippen molar-refractivity contribution in [3.8, 4) is 5.75 Å². The van der Waals surface area contributed by atoms with Crippen molar-refractivity contribution in [3.05, 3.63) is 11.5 Å². The molecule has 0 saturated heterocycles. The molecule has 104 valence electrons. The van der Waals surface area contributed by atoms with Gasteiger partial charge in [-0.1, -0.05) is 11.6 Å². The van der Waals surface area contributed by atoms with Crippen molar-refractivity contribution in [3.63, 3.8) is 0 Å². The Morgan fingerprint density at radius 2 is 2.21 bits per heavy atom. The number of nitrogens with zero attached hydrogens (tertiary/aromatic N) is 2. The average Bonchev–Trinajstić information content (AvgIpc) is 3.16. The van der Waals surface area contributed by atoms with Gasteiger partial charge in [-0.3, -0.25) is 4.79 Å². The van der Waals surface area contributed by atoms with Crippen LogP contribution in [0, 0.1) is 5.41 Å². The van der Waals surface area contributed by atoms with E-state index in [0.717, 1.165) is 18.6 Å². The zero-order valence-electron chi connectivity index (χ0n) is 10.8. The lowest BCUT2D eigenvalue weighted by Gasteiger charge is -2.14. The van der Waals surface area contributed by atoms with Crippen LogP contribution in [0.5, 0.6) is 5.75 Å². The molecule has 2 rings (SSSR count). The molecule has 1 fully saturated rings. The lowest BCUT2D eigenvalue weighted by atomic mass is 10.1. The number of ether oxygens (including phenoxy) is 2. The van der Waals surface area contributed by atoms with Gasteiger partial charge in [0.05, 0.1) is 20.6 Å². The van der Waals surface area contributed by atoms with Crippen LogP contribution >= 0.6 is 23.4 Å². The summed E-state index contributed by atoms with van der Waals surface area (Å²) >= 11 is 7.48. The van der Waals surface area contributed by atoms with Crippen LogP contribution in [0.3, 0.4) is 0 Å². The number of halogens is 1. The summed E-state index contributed by atoms with van der Waals surface area (Å²) in [6.45, 7) is 0. The summed E-state index contributed by atoms with van der Waals surface area (Å²) in [7, 11) is 2.95. The van der Waals surface area contributed by atoms with E-state index in [1.54, 1.807) is 0 Å². The summed E-state index contributed by atoms with van der Waals surface area (Å²) in [5.41, 5.74) is 0.0419. The van der Waals surface area contributed by atoms with Crippen LogP contribution in [-0.4, -0.2) is 35.9 Å². The van der Waals surface area contributed by atoms with Crippen LogP contribution in [-0.2, 0) is 9.53 Å². The van der Waals surface area contributed by atoms with E-state index >= 15 is 0 Å². The van der Waals surface area contributed by atoms with Gasteiger partial charge in [-0.25, -0.2) is 9.97 Å². The minimum Gasteiger partial charge on any atom is -0.491 e. The first-order chi connectivity index (χ1) is 9.10. The van der Waals surface area contributed by atoms with E-state index < -0.39 is 0 Å². The summed E-state index contributed by atoms with van der Waals surface area (Å²) in [4.78, 5) is 19.4. The maximum absolute atomic E-state index is 11.4. The van der Waals surface area contributed by atoms with E-state index in [2.05, 4.69) is 9.97 Å². The normalized spacial score (nSPS) is 15.9. The molecule has 0 aromatic carbocycles. The number of aromatic nitrogens is 2. The topological polar surface area (TPSA) is 61.3 Å². The molecule has 1 aromatic rings. The van der Waals surface area contributed by atoms with Gasteiger partial charge in [0.25, 0.3) is 0 Å². The Morgan fingerprint density at radius 3 is 2.79 bits per heavy atom. The predicted molar refractivity (Wildman–Crippen MR) is 72.6 cm³/mol. The molecular weight excluding hydrogens is 288 g/mol. The molecule has 5 nitrogen and oxygen atoms in total. The smallest absolute Gasteiger partial charge is 0.306 e. The van der Waals surface area contributed by atoms with Gasteiger partial charge in [0.2, 0.25) is 0 Å². The average molecular weight is 303 g/mol. The van der Waals surface area contributed by atoms with E-state index in [1.165, 1.54) is 32.3 Å². The molecule has 0 atom stereocenters. The third-order valence-corrected chi connectivity index (χ3v) is 4.74. The van der Waals surface area contributed by atoms with E-state index in [9.17, 15) is 4.79 Å². The number of rotatable bonds is 6. The second-order valence-corrected chi connectivity index (χ2v) is 5.87. The monoisotopic (exact) mass is 302 g/mol. The minimum atomic E-state index is -0.161.